The second kappa shape index (κ2) is 7.82. The van der Waals surface area contributed by atoms with E-state index in [0.717, 1.165) is 24.3 Å². The molecule has 160 valence electrons. The van der Waals surface area contributed by atoms with Gasteiger partial charge in [-0.2, -0.15) is 13.2 Å². The highest BCUT2D eigenvalue weighted by Gasteiger charge is 2.35. The average Bonchev–Trinajstić information content (AvgIpc) is 3.34. The minimum Gasteiger partial charge on any atom is -0.407 e. The van der Waals surface area contributed by atoms with Gasteiger partial charge in [-0.25, -0.2) is 4.39 Å². The number of amides is 2. The predicted molar refractivity (Wildman–Crippen MR) is 99.8 cm³/mol. The van der Waals surface area contributed by atoms with Crippen molar-refractivity contribution >= 4 is 23.5 Å². The fourth-order valence-corrected chi connectivity index (χ4v) is 3.17. The molecule has 1 aliphatic rings. The number of nitrogens with one attached hydrogen (secondary N) is 1. The number of rotatable bonds is 4. The largest absolute Gasteiger partial charge is 0.416 e. The zero-order valence-electron chi connectivity index (χ0n) is 15.7. The lowest BCUT2D eigenvalue weighted by Gasteiger charge is -2.15. The number of halogens is 4. The van der Waals surface area contributed by atoms with Gasteiger partial charge in [0.2, 0.25) is 11.8 Å². The van der Waals surface area contributed by atoms with Gasteiger partial charge >= 0.3 is 12.2 Å². The number of carbonyl (C=O) groups is 2. The summed E-state index contributed by atoms with van der Waals surface area (Å²) in [5.41, 5.74) is -0.365. The van der Waals surface area contributed by atoms with Gasteiger partial charge in [0.15, 0.2) is 0 Å². The van der Waals surface area contributed by atoms with Gasteiger partial charge in [0.1, 0.15) is 5.82 Å². The van der Waals surface area contributed by atoms with Crippen molar-refractivity contribution in [3.63, 3.8) is 0 Å². The Morgan fingerprint density at radius 1 is 1.06 bits per heavy atom. The molecule has 1 fully saturated rings. The number of benzene rings is 2. The highest BCUT2D eigenvalue weighted by atomic mass is 19.4. The van der Waals surface area contributed by atoms with Gasteiger partial charge in [-0.15, -0.1) is 5.10 Å². The second-order valence-corrected chi connectivity index (χ2v) is 6.86. The third-order valence-electron chi connectivity index (χ3n) is 4.75. The molecule has 1 saturated heterocycles. The average molecular weight is 434 g/mol. The predicted octanol–water partition coefficient (Wildman–Crippen LogP) is 4.00. The fourth-order valence-electron chi connectivity index (χ4n) is 3.17. The molecule has 1 N–H and O–H groups in total. The molecule has 1 atom stereocenters. The van der Waals surface area contributed by atoms with E-state index in [0.29, 0.717) is 5.69 Å². The molecule has 0 spiro atoms. The van der Waals surface area contributed by atoms with Crippen LogP contribution in [0.15, 0.2) is 52.9 Å². The number of hydrogen-bond donors (Lipinski definition) is 1. The summed E-state index contributed by atoms with van der Waals surface area (Å²) < 4.78 is 56.4. The van der Waals surface area contributed by atoms with Gasteiger partial charge in [-0.3, -0.25) is 14.9 Å². The van der Waals surface area contributed by atoms with Crippen LogP contribution >= 0.6 is 0 Å². The van der Waals surface area contributed by atoms with Crippen molar-refractivity contribution in [2.24, 2.45) is 0 Å². The molecule has 0 aliphatic carbocycles. The quantitative estimate of drug-likeness (QED) is 0.627. The Hall–Kier alpha value is -3.76. The molecule has 0 saturated carbocycles. The Bertz CT molecular complexity index is 1110. The minimum atomic E-state index is -4.50. The lowest BCUT2D eigenvalue weighted by Crippen LogP contribution is -2.24. The Morgan fingerprint density at radius 3 is 2.39 bits per heavy atom. The maximum Gasteiger partial charge on any atom is 0.416 e. The van der Waals surface area contributed by atoms with E-state index >= 15 is 0 Å². The van der Waals surface area contributed by atoms with E-state index in [-0.39, 0.29) is 36.3 Å². The topological polar surface area (TPSA) is 88.3 Å². The van der Waals surface area contributed by atoms with Crippen LogP contribution in [0.1, 0.15) is 34.2 Å². The molecule has 3 aromatic rings. The van der Waals surface area contributed by atoms with Crippen molar-refractivity contribution in [3.05, 3.63) is 71.4 Å². The first-order chi connectivity index (χ1) is 14.7. The lowest BCUT2D eigenvalue weighted by atomic mass is 10.1. The van der Waals surface area contributed by atoms with Crippen LogP contribution < -0.4 is 10.2 Å². The third kappa shape index (κ3) is 4.39. The summed E-state index contributed by atoms with van der Waals surface area (Å²) in [7, 11) is 0. The van der Waals surface area contributed by atoms with Crippen LogP contribution in [0.25, 0.3) is 0 Å². The smallest absolute Gasteiger partial charge is 0.407 e. The van der Waals surface area contributed by atoms with Crippen molar-refractivity contribution in [2.75, 3.05) is 16.8 Å². The molecular weight excluding hydrogens is 420 g/mol. The summed E-state index contributed by atoms with van der Waals surface area (Å²) in [4.78, 5) is 26.0. The van der Waals surface area contributed by atoms with Crippen LogP contribution in [0, 0.1) is 5.82 Å². The molecule has 1 aromatic heterocycles. The summed E-state index contributed by atoms with van der Waals surface area (Å²) in [5.74, 6) is -1.65. The van der Waals surface area contributed by atoms with E-state index in [1.54, 1.807) is 0 Å². The minimum absolute atomic E-state index is 0.0220. The lowest BCUT2D eigenvalue weighted by molar-refractivity contribution is -0.137. The van der Waals surface area contributed by atoms with Crippen LogP contribution in [-0.4, -0.2) is 28.6 Å². The normalized spacial score (nSPS) is 16.6. The van der Waals surface area contributed by atoms with E-state index in [1.165, 1.54) is 29.2 Å². The van der Waals surface area contributed by atoms with Crippen LogP contribution in [-0.2, 0) is 11.0 Å². The van der Waals surface area contributed by atoms with Gasteiger partial charge in [-0.1, -0.05) is 5.10 Å². The maximum absolute atomic E-state index is 13.1. The van der Waals surface area contributed by atoms with E-state index in [2.05, 4.69) is 15.5 Å². The molecule has 7 nitrogen and oxygen atoms in total. The van der Waals surface area contributed by atoms with Crippen LogP contribution in [0.5, 0.6) is 0 Å². The number of alkyl halides is 3. The van der Waals surface area contributed by atoms with E-state index in [4.69, 9.17) is 4.42 Å². The van der Waals surface area contributed by atoms with Crippen LogP contribution in [0.3, 0.4) is 0 Å². The molecule has 11 heteroatoms. The number of hydrogen-bond acceptors (Lipinski definition) is 5. The number of carbonyl (C=O) groups excluding carboxylic acids is 2. The van der Waals surface area contributed by atoms with Crippen molar-refractivity contribution < 1.29 is 31.6 Å². The Balaban J connectivity index is 1.42. The molecule has 2 amide bonds. The first-order valence-corrected chi connectivity index (χ1v) is 9.08. The van der Waals surface area contributed by atoms with Crippen molar-refractivity contribution in [2.45, 2.75) is 18.5 Å². The van der Waals surface area contributed by atoms with Crippen molar-refractivity contribution in [1.82, 2.24) is 10.2 Å². The molecule has 31 heavy (non-hydrogen) atoms. The molecular formula is C20H14F4N4O3. The Morgan fingerprint density at radius 2 is 1.74 bits per heavy atom. The van der Waals surface area contributed by atoms with Gasteiger partial charge in [0.25, 0.3) is 5.91 Å². The monoisotopic (exact) mass is 434 g/mol. The molecule has 4 rings (SSSR count). The van der Waals surface area contributed by atoms with Gasteiger partial charge in [-0.05, 0) is 48.5 Å². The Labute approximate surface area is 172 Å². The van der Waals surface area contributed by atoms with Crippen molar-refractivity contribution in [3.8, 4) is 0 Å². The summed E-state index contributed by atoms with van der Waals surface area (Å²) in [6, 6.07) is 8.88. The fraction of sp³-hybridized carbons (Fsp3) is 0.200. The first-order valence-electron chi connectivity index (χ1n) is 9.08. The standard InChI is InChI=1S/C20H14F4N4O3/c21-14-5-7-15(8-6-14)28-10-12(9-16(28)29)18-26-27-19(31-18)25-17(30)11-1-3-13(4-2-11)20(22,23)24/h1-8,12H,9-10H2,(H,25,27,30). The number of aromatic nitrogens is 2. The SMILES string of the molecule is O=C(Nc1nnc(C2CC(=O)N(c3ccc(F)cc3)C2)o1)c1ccc(C(F)(F)F)cc1. The zero-order chi connectivity index (χ0) is 22.2. The molecule has 2 aromatic carbocycles. The van der Waals surface area contributed by atoms with Gasteiger partial charge < -0.3 is 9.32 Å². The summed E-state index contributed by atoms with van der Waals surface area (Å²) in [6.45, 7) is 0.235. The second-order valence-electron chi connectivity index (χ2n) is 6.86. The summed E-state index contributed by atoms with van der Waals surface area (Å²) in [6.07, 6.45) is -4.41. The summed E-state index contributed by atoms with van der Waals surface area (Å²) >= 11 is 0. The third-order valence-corrected chi connectivity index (χ3v) is 4.75. The Kier molecular flexibility index (Phi) is 5.17. The van der Waals surface area contributed by atoms with Crippen LogP contribution in [0.2, 0.25) is 0 Å². The molecule has 0 radical (unpaired) electrons. The van der Waals surface area contributed by atoms with E-state index in [1.807, 2.05) is 0 Å². The molecule has 1 aliphatic heterocycles. The zero-order valence-corrected chi connectivity index (χ0v) is 15.7. The van der Waals surface area contributed by atoms with Gasteiger partial charge in [0.05, 0.1) is 11.5 Å². The number of anilines is 2. The van der Waals surface area contributed by atoms with Crippen molar-refractivity contribution in [1.29, 1.82) is 0 Å². The van der Waals surface area contributed by atoms with Crippen LogP contribution in [0.4, 0.5) is 29.3 Å². The molecule has 2 heterocycles. The van der Waals surface area contributed by atoms with E-state index in [9.17, 15) is 27.2 Å². The first kappa shape index (κ1) is 20.5. The highest BCUT2D eigenvalue weighted by molar-refractivity contribution is 6.03. The summed E-state index contributed by atoms with van der Waals surface area (Å²) in [5, 5.41) is 9.88. The number of nitrogens with zero attached hydrogens (tertiary/aromatic N) is 3. The molecule has 0 bridgehead atoms. The molecule has 1 unspecified atom stereocenters. The van der Waals surface area contributed by atoms with E-state index < -0.39 is 29.4 Å². The maximum atomic E-state index is 13.1. The van der Waals surface area contributed by atoms with Gasteiger partial charge in [0, 0.05) is 24.2 Å². The highest BCUT2D eigenvalue weighted by Crippen LogP contribution is 2.32.